The fraction of sp³-hybridized carbons (Fsp3) is 0.556. The number of imidazole rings is 1. The number of nitrogens with one attached hydrogen (secondary N) is 1. The molecule has 14 heavy (non-hydrogen) atoms. The number of carbonyl (C=O) groups excluding carboxylic acids is 1. The van der Waals surface area contributed by atoms with E-state index in [0.717, 1.165) is 11.5 Å². The van der Waals surface area contributed by atoms with E-state index in [1.165, 1.54) is 0 Å². The lowest BCUT2D eigenvalue weighted by Gasteiger charge is -2.11. The number of aryl methyl sites for hydroxylation is 2. The third-order valence-electron chi connectivity index (χ3n) is 2.32. The number of carbonyl (C=O) groups is 1. The zero-order valence-electron chi connectivity index (χ0n) is 8.44. The molecule has 0 aliphatic carbocycles. The highest BCUT2D eigenvalue weighted by Gasteiger charge is 2.34. The van der Waals surface area contributed by atoms with Gasteiger partial charge in [-0.1, -0.05) is 0 Å². The molecule has 0 aromatic carbocycles. The van der Waals surface area contributed by atoms with Gasteiger partial charge < -0.3 is 14.6 Å². The highest BCUT2D eigenvalue weighted by Crippen LogP contribution is 2.24. The molecule has 0 unspecified atom stereocenters. The number of alkyl carbamates (subject to hydrolysis) is 1. The molecule has 5 nitrogen and oxygen atoms in total. The number of aromatic nitrogens is 2. The summed E-state index contributed by atoms with van der Waals surface area (Å²) >= 11 is 0. The zero-order chi connectivity index (χ0) is 10.3. The van der Waals surface area contributed by atoms with E-state index in [2.05, 4.69) is 10.3 Å². The normalized spacial score (nSPS) is 26.1. The van der Waals surface area contributed by atoms with Gasteiger partial charge in [0, 0.05) is 13.2 Å². The van der Waals surface area contributed by atoms with Crippen LogP contribution in [-0.2, 0) is 11.8 Å². The van der Waals surface area contributed by atoms with Crippen molar-refractivity contribution < 1.29 is 9.53 Å². The molecule has 1 aromatic rings. The van der Waals surface area contributed by atoms with Crippen LogP contribution in [0.3, 0.4) is 0 Å². The van der Waals surface area contributed by atoms with Crippen LogP contribution in [0.1, 0.15) is 24.5 Å². The zero-order valence-corrected chi connectivity index (χ0v) is 8.44. The van der Waals surface area contributed by atoms with Crippen molar-refractivity contribution >= 4 is 6.09 Å². The molecule has 0 radical (unpaired) electrons. The summed E-state index contributed by atoms with van der Waals surface area (Å²) in [4.78, 5) is 15.3. The van der Waals surface area contributed by atoms with Crippen LogP contribution in [0.5, 0.6) is 0 Å². The number of nitrogens with zero attached hydrogens (tertiary/aromatic N) is 2. The first kappa shape index (κ1) is 9.05. The summed E-state index contributed by atoms with van der Waals surface area (Å²) in [7, 11) is 1.90. The molecule has 2 atom stereocenters. The molecule has 2 rings (SSSR count). The third kappa shape index (κ3) is 1.34. The van der Waals surface area contributed by atoms with E-state index in [4.69, 9.17) is 4.74 Å². The summed E-state index contributed by atoms with van der Waals surface area (Å²) in [5.41, 5.74) is 0.928. The average Bonchev–Trinajstić information content (AvgIpc) is 2.55. The molecule has 1 aliphatic heterocycles. The molecule has 0 saturated carbocycles. The van der Waals surface area contributed by atoms with Gasteiger partial charge in [0.05, 0.1) is 11.7 Å². The van der Waals surface area contributed by atoms with Crippen molar-refractivity contribution in [3.05, 3.63) is 17.7 Å². The van der Waals surface area contributed by atoms with Gasteiger partial charge >= 0.3 is 6.09 Å². The summed E-state index contributed by atoms with van der Waals surface area (Å²) in [6, 6.07) is -0.0250. The standard InChI is InChI=1S/C9H13N3O2/c1-5-4-12(3)8(10-5)7-6(2)11-9(13)14-7/h4,6-7H,1-3H3,(H,11,13)/t6-,7-/m0/s1. The molecular formula is C9H13N3O2. The molecule has 1 saturated heterocycles. The maximum Gasteiger partial charge on any atom is 0.408 e. The fourth-order valence-electron chi connectivity index (χ4n) is 1.69. The maximum absolute atomic E-state index is 11.0. The predicted molar refractivity (Wildman–Crippen MR) is 49.8 cm³/mol. The van der Waals surface area contributed by atoms with Crippen molar-refractivity contribution in [1.29, 1.82) is 0 Å². The van der Waals surface area contributed by atoms with Crippen LogP contribution in [0.4, 0.5) is 4.79 Å². The van der Waals surface area contributed by atoms with Gasteiger partial charge in [0.15, 0.2) is 11.9 Å². The van der Waals surface area contributed by atoms with Gasteiger partial charge in [-0.25, -0.2) is 9.78 Å². The number of cyclic esters (lactones) is 1. The Morgan fingerprint density at radius 1 is 1.64 bits per heavy atom. The quantitative estimate of drug-likeness (QED) is 0.724. The molecule has 0 bridgehead atoms. The van der Waals surface area contributed by atoms with Crippen molar-refractivity contribution in [3.8, 4) is 0 Å². The summed E-state index contributed by atoms with van der Waals surface area (Å²) < 4.78 is 7.01. The van der Waals surface area contributed by atoms with E-state index in [9.17, 15) is 4.79 Å². The number of ether oxygens (including phenoxy) is 1. The smallest absolute Gasteiger partial charge is 0.408 e. The largest absolute Gasteiger partial charge is 0.436 e. The minimum atomic E-state index is -0.372. The molecule has 76 valence electrons. The second kappa shape index (κ2) is 3.01. The molecule has 5 heteroatoms. The van der Waals surface area contributed by atoms with Crippen LogP contribution >= 0.6 is 0 Å². The van der Waals surface area contributed by atoms with E-state index in [-0.39, 0.29) is 18.2 Å². The van der Waals surface area contributed by atoms with E-state index >= 15 is 0 Å². The monoisotopic (exact) mass is 195 g/mol. The summed E-state index contributed by atoms with van der Waals surface area (Å²) in [6.45, 7) is 3.82. The van der Waals surface area contributed by atoms with Crippen LogP contribution in [0.15, 0.2) is 6.20 Å². The molecule has 1 aromatic heterocycles. The Morgan fingerprint density at radius 2 is 2.36 bits per heavy atom. The van der Waals surface area contributed by atoms with E-state index in [1.807, 2.05) is 31.7 Å². The Kier molecular flexibility index (Phi) is 1.94. The lowest BCUT2D eigenvalue weighted by Crippen LogP contribution is -2.25. The van der Waals surface area contributed by atoms with Gasteiger partial charge in [0.25, 0.3) is 0 Å². The Labute approximate surface area is 82.1 Å². The van der Waals surface area contributed by atoms with Crippen molar-refractivity contribution in [3.63, 3.8) is 0 Å². The van der Waals surface area contributed by atoms with Crippen molar-refractivity contribution in [2.45, 2.75) is 26.0 Å². The van der Waals surface area contributed by atoms with E-state index in [1.54, 1.807) is 0 Å². The van der Waals surface area contributed by atoms with E-state index in [0.29, 0.717) is 0 Å². The van der Waals surface area contributed by atoms with Gasteiger partial charge in [-0.05, 0) is 13.8 Å². The lowest BCUT2D eigenvalue weighted by atomic mass is 10.2. The lowest BCUT2D eigenvalue weighted by molar-refractivity contribution is 0.127. The van der Waals surface area contributed by atoms with Crippen molar-refractivity contribution in [2.75, 3.05) is 0 Å². The number of amides is 1. The number of rotatable bonds is 1. The summed E-state index contributed by atoms with van der Waals surface area (Å²) in [6.07, 6.45) is 1.26. The number of hydrogen-bond donors (Lipinski definition) is 1. The molecule has 1 aliphatic rings. The molecule has 0 spiro atoms. The molecular weight excluding hydrogens is 182 g/mol. The van der Waals surface area contributed by atoms with Gasteiger partial charge in [-0.2, -0.15) is 0 Å². The first-order chi connectivity index (χ1) is 6.58. The highest BCUT2D eigenvalue weighted by atomic mass is 16.6. The van der Waals surface area contributed by atoms with Crippen LogP contribution in [-0.4, -0.2) is 21.7 Å². The molecule has 1 N–H and O–H groups in total. The van der Waals surface area contributed by atoms with Crippen LogP contribution in [0.2, 0.25) is 0 Å². The summed E-state index contributed by atoms with van der Waals surface area (Å²) in [5, 5.41) is 2.69. The van der Waals surface area contributed by atoms with Gasteiger partial charge in [0.2, 0.25) is 0 Å². The first-order valence-electron chi connectivity index (χ1n) is 4.55. The van der Waals surface area contributed by atoms with Crippen LogP contribution in [0, 0.1) is 6.92 Å². The van der Waals surface area contributed by atoms with Gasteiger partial charge in [-0.15, -0.1) is 0 Å². The van der Waals surface area contributed by atoms with Crippen molar-refractivity contribution in [1.82, 2.24) is 14.9 Å². The van der Waals surface area contributed by atoms with Crippen LogP contribution in [0.25, 0.3) is 0 Å². The average molecular weight is 195 g/mol. The Balaban J connectivity index is 2.31. The first-order valence-corrected chi connectivity index (χ1v) is 4.55. The van der Waals surface area contributed by atoms with E-state index < -0.39 is 0 Å². The maximum atomic E-state index is 11.0. The fourth-order valence-corrected chi connectivity index (χ4v) is 1.69. The minimum absolute atomic E-state index is 0.0250. The molecule has 1 fully saturated rings. The van der Waals surface area contributed by atoms with Crippen molar-refractivity contribution in [2.24, 2.45) is 7.05 Å². The Morgan fingerprint density at radius 3 is 2.79 bits per heavy atom. The minimum Gasteiger partial charge on any atom is -0.436 e. The van der Waals surface area contributed by atoms with Gasteiger partial charge in [0.1, 0.15) is 0 Å². The predicted octanol–water partition coefficient (Wildman–Crippen LogP) is 0.898. The second-order valence-corrected chi connectivity index (χ2v) is 3.61. The molecule has 2 heterocycles. The highest BCUT2D eigenvalue weighted by molar-refractivity contribution is 5.70. The topological polar surface area (TPSA) is 56.1 Å². The summed E-state index contributed by atoms with van der Waals surface area (Å²) in [5.74, 6) is 0.786. The van der Waals surface area contributed by atoms with Crippen LogP contribution < -0.4 is 5.32 Å². The van der Waals surface area contributed by atoms with Gasteiger partial charge in [-0.3, -0.25) is 0 Å². The molecule has 1 amide bonds. The third-order valence-corrected chi connectivity index (χ3v) is 2.32. The Bertz CT molecular complexity index is 372. The Hall–Kier alpha value is -1.52. The number of hydrogen-bond acceptors (Lipinski definition) is 3. The second-order valence-electron chi connectivity index (χ2n) is 3.61. The SMILES string of the molecule is Cc1cn(C)c([C@H]2OC(=O)N[C@H]2C)n1.